The van der Waals surface area contributed by atoms with E-state index in [-0.39, 0.29) is 24.9 Å². The van der Waals surface area contributed by atoms with Crippen LogP contribution in [0.3, 0.4) is 0 Å². The van der Waals surface area contributed by atoms with Gasteiger partial charge in [-0.1, -0.05) is 19.9 Å². The third-order valence-corrected chi connectivity index (χ3v) is 5.84. The molecule has 1 fully saturated rings. The smallest absolute Gasteiger partial charge is 0.231 e. The first kappa shape index (κ1) is 18.7. The molecular weight excluding hydrogens is 360 g/mol. The van der Waals surface area contributed by atoms with Crippen molar-refractivity contribution in [2.75, 3.05) is 28.1 Å². The molecule has 2 aromatic rings. The van der Waals surface area contributed by atoms with Crippen molar-refractivity contribution in [1.82, 2.24) is 0 Å². The van der Waals surface area contributed by atoms with Gasteiger partial charge < -0.3 is 28.4 Å². The van der Waals surface area contributed by atoms with Crippen LogP contribution >= 0.6 is 0 Å². The highest BCUT2D eigenvalue weighted by Crippen LogP contribution is 2.54. The van der Waals surface area contributed by atoms with Gasteiger partial charge in [0.05, 0.1) is 39.1 Å². The molecule has 2 heterocycles. The van der Waals surface area contributed by atoms with Crippen LogP contribution in [0.1, 0.15) is 37.2 Å². The average molecular weight is 386 g/mol. The first-order valence-corrected chi connectivity index (χ1v) is 9.42. The van der Waals surface area contributed by atoms with E-state index in [1.807, 2.05) is 30.3 Å². The van der Waals surface area contributed by atoms with Gasteiger partial charge >= 0.3 is 0 Å². The van der Waals surface area contributed by atoms with E-state index in [1.165, 1.54) is 0 Å². The molecule has 0 N–H and O–H groups in total. The summed E-state index contributed by atoms with van der Waals surface area (Å²) in [4.78, 5) is 0. The number of rotatable bonds is 5. The van der Waals surface area contributed by atoms with Crippen molar-refractivity contribution in [2.45, 2.75) is 26.1 Å². The van der Waals surface area contributed by atoms with Gasteiger partial charge in [-0.15, -0.1) is 0 Å². The summed E-state index contributed by atoms with van der Waals surface area (Å²) in [7, 11) is 4.92. The van der Waals surface area contributed by atoms with Gasteiger partial charge in [0.15, 0.2) is 11.5 Å². The lowest BCUT2D eigenvalue weighted by Crippen LogP contribution is -2.11. The Hall–Kier alpha value is -2.60. The Labute approximate surface area is 165 Å². The highest BCUT2D eigenvalue weighted by Gasteiger charge is 2.43. The molecule has 0 unspecified atom stereocenters. The Balaban J connectivity index is 1.70. The van der Waals surface area contributed by atoms with Crippen LogP contribution in [0, 0.1) is 11.8 Å². The summed E-state index contributed by atoms with van der Waals surface area (Å²) in [5, 5.41) is 0. The zero-order chi connectivity index (χ0) is 19.8. The average Bonchev–Trinajstić information content (AvgIpc) is 3.31. The minimum Gasteiger partial charge on any atom is -0.496 e. The fourth-order valence-electron chi connectivity index (χ4n) is 4.07. The van der Waals surface area contributed by atoms with E-state index in [9.17, 15) is 0 Å². The number of fused-ring (bicyclic) bond motifs is 1. The van der Waals surface area contributed by atoms with Crippen LogP contribution in [0.25, 0.3) is 0 Å². The maximum atomic E-state index is 6.58. The Bertz CT molecular complexity index is 839. The van der Waals surface area contributed by atoms with Crippen molar-refractivity contribution in [1.29, 1.82) is 0 Å². The molecule has 0 amide bonds. The molecule has 0 aliphatic carbocycles. The van der Waals surface area contributed by atoms with Crippen LogP contribution in [0.2, 0.25) is 0 Å². The van der Waals surface area contributed by atoms with E-state index in [0.717, 1.165) is 22.6 Å². The number of methoxy groups -OCH3 is 3. The summed E-state index contributed by atoms with van der Waals surface area (Å²) in [6, 6.07) is 9.74. The summed E-state index contributed by atoms with van der Waals surface area (Å²) in [5.41, 5.74) is 1.99. The second-order valence-electron chi connectivity index (χ2n) is 7.25. The van der Waals surface area contributed by atoms with Crippen LogP contribution in [-0.2, 0) is 4.74 Å². The predicted molar refractivity (Wildman–Crippen MR) is 104 cm³/mol. The minimum absolute atomic E-state index is 0.0639. The molecule has 150 valence electrons. The van der Waals surface area contributed by atoms with Gasteiger partial charge in [0.25, 0.3) is 0 Å². The Kier molecular flexibility index (Phi) is 4.98. The summed E-state index contributed by atoms with van der Waals surface area (Å²) in [6.07, 6.45) is -0.229. The highest BCUT2D eigenvalue weighted by molar-refractivity contribution is 5.53. The monoisotopic (exact) mass is 386 g/mol. The van der Waals surface area contributed by atoms with E-state index in [0.29, 0.717) is 23.2 Å². The van der Waals surface area contributed by atoms with Gasteiger partial charge in [-0.25, -0.2) is 0 Å². The zero-order valence-electron chi connectivity index (χ0n) is 16.9. The molecule has 0 radical (unpaired) electrons. The van der Waals surface area contributed by atoms with E-state index >= 15 is 0 Å². The molecule has 2 aromatic carbocycles. The molecule has 1 saturated heterocycles. The van der Waals surface area contributed by atoms with Crippen LogP contribution in [0.4, 0.5) is 0 Å². The Morgan fingerprint density at radius 1 is 0.786 bits per heavy atom. The predicted octanol–water partition coefficient (Wildman–Crippen LogP) is 4.53. The number of benzene rings is 2. The van der Waals surface area contributed by atoms with E-state index in [4.69, 9.17) is 28.4 Å². The molecule has 28 heavy (non-hydrogen) atoms. The number of hydrogen-bond donors (Lipinski definition) is 0. The SMILES string of the molecule is COc1cc(OC)c([C@H]2O[C@H](c3ccc4c(c3)OCO4)[C@@H](C)[C@@H]2C)c(OC)c1. The topological polar surface area (TPSA) is 55.4 Å². The fourth-order valence-corrected chi connectivity index (χ4v) is 4.07. The normalized spacial score (nSPS) is 25.6. The Morgan fingerprint density at radius 3 is 2.07 bits per heavy atom. The first-order chi connectivity index (χ1) is 13.6. The van der Waals surface area contributed by atoms with Gasteiger partial charge in [0.1, 0.15) is 17.2 Å². The lowest BCUT2D eigenvalue weighted by Gasteiger charge is -2.22. The third kappa shape index (κ3) is 3.02. The largest absolute Gasteiger partial charge is 0.496 e. The maximum Gasteiger partial charge on any atom is 0.231 e. The van der Waals surface area contributed by atoms with Crippen LogP contribution < -0.4 is 23.7 Å². The summed E-state index contributed by atoms with van der Waals surface area (Å²) in [5.74, 6) is 4.18. The standard InChI is InChI=1S/C22H26O6/c1-12-13(2)22(20-18(24-4)9-15(23-3)10-19(20)25-5)28-21(12)14-6-7-16-17(8-14)27-11-26-16/h6-10,12-13,21-22H,11H2,1-5H3/t12-,13-,21-,22-/m0/s1. The van der Waals surface area contributed by atoms with Crippen molar-refractivity contribution in [2.24, 2.45) is 11.8 Å². The fraction of sp³-hybridized carbons (Fsp3) is 0.455. The quantitative estimate of drug-likeness (QED) is 0.753. The van der Waals surface area contributed by atoms with E-state index < -0.39 is 0 Å². The summed E-state index contributed by atoms with van der Waals surface area (Å²) in [6.45, 7) is 4.67. The molecule has 0 spiro atoms. The minimum atomic E-state index is -0.166. The van der Waals surface area contributed by atoms with Crippen LogP contribution in [-0.4, -0.2) is 28.1 Å². The molecule has 6 heteroatoms. The van der Waals surface area contributed by atoms with Crippen molar-refractivity contribution in [3.05, 3.63) is 41.5 Å². The Morgan fingerprint density at radius 2 is 1.43 bits per heavy atom. The molecule has 0 bridgehead atoms. The molecular formula is C22H26O6. The van der Waals surface area contributed by atoms with Gasteiger partial charge in [0.2, 0.25) is 6.79 Å². The molecule has 2 aliphatic heterocycles. The molecule has 4 rings (SSSR count). The van der Waals surface area contributed by atoms with Crippen molar-refractivity contribution >= 4 is 0 Å². The molecule has 6 nitrogen and oxygen atoms in total. The number of ether oxygens (including phenoxy) is 6. The summed E-state index contributed by atoms with van der Waals surface area (Å²) >= 11 is 0. The van der Waals surface area contributed by atoms with Crippen LogP contribution in [0.5, 0.6) is 28.7 Å². The molecule has 0 aromatic heterocycles. The lowest BCUT2D eigenvalue weighted by molar-refractivity contribution is 0.0263. The second kappa shape index (κ2) is 7.43. The molecule has 2 aliphatic rings. The van der Waals surface area contributed by atoms with Crippen molar-refractivity contribution < 1.29 is 28.4 Å². The van der Waals surface area contributed by atoms with E-state index in [1.54, 1.807) is 21.3 Å². The first-order valence-electron chi connectivity index (χ1n) is 9.42. The molecule has 4 atom stereocenters. The van der Waals surface area contributed by atoms with Crippen molar-refractivity contribution in [3.8, 4) is 28.7 Å². The maximum absolute atomic E-state index is 6.58. The zero-order valence-corrected chi connectivity index (χ0v) is 16.9. The summed E-state index contributed by atoms with van der Waals surface area (Å²) < 4.78 is 34.2. The number of hydrogen-bond acceptors (Lipinski definition) is 6. The molecule has 0 saturated carbocycles. The van der Waals surface area contributed by atoms with Gasteiger partial charge in [-0.3, -0.25) is 0 Å². The van der Waals surface area contributed by atoms with Gasteiger partial charge in [-0.05, 0) is 29.5 Å². The van der Waals surface area contributed by atoms with E-state index in [2.05, 4.69) is 13.8 Å². The lowest BCUT2D eigenvalue weighted by atomic mass is 9.85. The van der Waals surface area contributed by atoms with Crippen LogP contribution in [0.15, 0.2) is 30.3 Å². The van der Waals surface area contributed by atoms with Crippen molar-refractivity contribution in [3.63, 3.8) is 0 Å². The second-order valence-corrected chi connectivity index (χ2v) is 7.25. The van der Waals surface area contributed by atoms with Gasteiger partial charge in [0, 0.05) is 12.1 Å². The highest BCUT2D eigenvalue weighted by atomic mass is 16.7. The third-order valence-electron chi connectivity index (χ3n) is 5.84. The van der Waals surface area contributed by atoms with Gasteiger partial charge in [-0.2, -0.15) is 0 Å².